The smallest absolute Gasteiger partial charge is 0.393 e. The van der Waals surface area contributed by atoms with E-state index in [1.165, 1.54) is 15.4 Å². The van der Waals surface area contributed by atoms with Crippen molar-refractivity contribution in [3.8, 4) is 5.75 Å². The first kappa shape index (κ1) is 24.1. The van der Waals surface area contributed by atoms with Gasteiger partial charge in [0.15, 0.2) is 11.5 Å². The molecule has 1 aliphatic heterocycles. The summed E-state index contributed by atoms with van der Waals surface area (Å²) in [6.45, 7) is 3.57. The molecule has 3 N–H and O–H groups in total. The molecule has 2 atom stereocenters. The number of alkyl halides is 3. The topological polar surface area (TPSA) is 120 Å². The number of rotatable bonds is 5. The fourth-order valence-corrected chi connectivity index (χ4v) is 4.66. The fraction of sp³-hybridized carbons (Fsp3) is 0.478. The lowest BCUT2D eigenvalue weighted by atomic mass is 9.88. The van der Waals surface area contributed by atoms with Crippen LogP contribution in [-0.4, -0.2) is 66.4 Å². The molecule has 0 aliphatic carbocycles. The summed E-state index contributed by atoms with van der Waals surface area (Å²) >= 11 is 0. The van der Waals surface area contributed by atoms with Gasteiger partial charge in [-0.25, -0.2) is 9.97 Å². The van der Waals surface area contributed by atoms with Gasteiger partial charge in [-0.3, -0.25) is 4.68 Å². The Balaban J connectivity index is 1.52. The van der Waals surface area contributed by atoms with Crippen LogP contribution in [-0.2, 0) is 6.54 Å². The normalized spacial score (nSPS) is 19.4. The maximum Gasteiger partial charge on any atom is 0.393 e. The van der Waals surface area contributed by atoms with Crippen LogP contribution in [0.15, 0.2) is 30.6 Å². The van der Waals surface area contributed by atoms with Crippen LogP contribution >= 0.6 is 0 Å². The number of benzene rings is 1. The summed E-state index contributed by atoms with van der Waals surface area (Å²) in [5.41, 5.74) is 6.62. The Hall–Kier alpha value is -3.61. The van der Waals surface area contributed by atoms with Crippen LogP contribution in [0.2, 0.25) is 0 Å². The van der Waals surface area contributed by atoms with E-state index in [0.717, 1.165) is 0 Å². The minimum Gasteiger partial charge on any atom is -0.497 e. The number of aliphatic hydroxyl groups is 1. The fourth-order valence-electron chi connectivity index (χ4n) is 4.66. The first-order valence-electron chi connectivity index (χ1n) is 11.5. The predicted molar refractivity (Wildman–Crippen MR) is 127 cm³/mol. The van der Waals surface area contributed by atoms with E-state index in [4.69, 9.17) is 10.5 Å². The van der Waals surface area contributed by atoms with Crippen molar-refractivity contribution in [2.75, 3.05) is 30.8 Å². The molecular formula is C23H27F3N8O2. The van der Waals surface area contributed by atoms with E-state index in [-0.39, 0.29) is 37.8 Å². The largest absolute Gasteiger partial charge is 0.497 e. The zero-order chi connectivity index (χ0) is 25.8. The first-order chi connectivity index (χ1) is 16.9. The van der Waals surface area contributed by atoms with E-state index in [1.807, 2.05) is 0 Å². The van der Waals surface area contributed by atoms with Gasteiger partial charge >= 0.3 is 6.18 Å². The van der Waals surface area contributed by atoms with Crippen molar-refractivity contribution in [2.24, 2.45) is 5.92 Å². The van der Waals surface area contributed by atoms with Crippen molar-refractivity contribution < 1.29 is 23.0 Å². The van der Waals surface area contributed by atoms with Crippen LogP contribution < -0.4 is 15.4 Å². The summed E-state index contributed by atoms with van der Waals surface area (Å²) in [7, 11) is 1.54. The Bertz CT molecular complexity index is 1410. The third-order valence-corrected chi connectivity index (χ3v) is 6.33. The van der Waals surface area contributed by atoms with Crippen molar-refractivity contribution in [1.29, 1.82) is 0 Å². The number of nitrogens with two attached hydrogens (primary N) is 1. The van der Waals surface area contributed by atoms with Crippen LogP contribution in [0.1, 0.15) is 32.0 Å². The van der Waals surface area contributed by atoms with E-state index in [9.17, 15) is 18.3 Å². The summed E-state index contributed by atoms with van der Waals surface area (Å²) in [5.74, 6) is -1.22. The highest BCUT2D eigenvalue weighted by atomic mass is 19.4. The number of fused-ring (bicyclic) bond motifs is 3. The summed E-state index contributed by atoms with van der Waals surface area (Å²) in [6.07, 6.45) is -1.37. The molecule has 0 radical (unpaired) electrons. The molecule has 10 nitrogen and oxygen atoms in total. The average molecular weight is 505 g/mol. The first-order valence-corrected chi connectivity index (χ1v) is 11.5. The maximum absolute atomic E-state index is 13.9. The third-order valence-electron chi connectivity index (χ3n) is 6.33. The number of aromatic nitrogens is 6. The molecule has 1 aliphatic rings. The molecular weight excluding hydrogens is 477 g/mol. The molecule has 0 bridgehead atoms. The Morgan fingerprint density at radius 3 is 2.67 bits per heavy atom. The highest BCUT2D eigenvalue weighted by Crippen LogP contribution is 2.40. The van der Waals surface area contributed by atoms with E-state index >= 15 is 0 Å². The molecule has 1 aromatic carbocycles. The Labute approximate surface area is 204 Å². The van der Waals surface area contributed by atoms with Crippen molar-refractivity contribution in [2.45, 2.75) is 44.5 Å². The van der Waals surface area contributed by atoms with E-state index < -0.39 is 23.6 Å². The number of nitrogen functional groups attached to an aromatic ring is 1. The lowest BCUT2D eigenvalue weighted by Gasteiger charge is -2.38. The number of hydrogen-bond acceptors (Lipinski definition) is 8. The molecule has 0 amide bonds. The third kappa shape index (κ3) is 4.62. The molecule has 0 spiro atoms. The van der Waals surface area contributed by atoms with Crippen LogP contribution in [0.3, 0.4) is 0 Å². The number of anilines is 2. The predicted octanol–water partition coefficient (Wildman–Crippen LogP) is 3.01. The molecule has 4 heterocycles. The molecule has 1 fully saturated rings. The molecule has 192 valence electrons. The van der Waals surface area contributed by atoms with Gasteiger partial charge in [0.05, 0.1) is 42.6 Å². The van der Waals surface area contributed by atoms with Crippen LogP contribution in [0.25, 0.3) is 16.6 Å². The Kier molecular flexibility index (Phi) is 5.69. The highest BCUT2D eigenvalue weighted by molar-refractivity contribution is 5.93. The molecule has 36 heavy (non-hydrogen) atoms. The number of piperidine rings is 1. The monoisotopic (exact) mass is 504 g/mol. The lowest BCUT2D eigenvalue weighted by Crippen LogP contribution is -2.45. The second-order valence-corrected chi connectivity index (χ2v) is 9.84. The number of methoxy groups -OCH3 is 1. The molecule has 4 aromatic rings. The summed E-state index contributed by atoms with van der Waals surface area (Å²) in [6, 6.07) is 5.24. The average Bonchev–Trinajstić information content (AvgIpc) is 3.45. The van der Waals surface area contributed by atoms with Gasteiger partial charge in [-0.05, 0) is 32.4 Å². The Morgan fingerprint density at radius 2 is 1.97 bits per heavy atom. The van der Waals surface area contributed by atoms with Gasteiger partial charge in [0, 0.05) is 36.7 Å². The van der Waals surface area contributed by atoms with Gasteiger partial charge in [0.2, 0.25) is 5.95 Å². The zero-order valence-corrected chi connectivity index (χ0v) is 20.1. The minimum atomic E-state index is -4.39. The zero-order valence-electron chi connectivity index (χ0n) is 20.1. The van der Waals surface area contributed by atoms with Crippen molar-refractivity contribution >= 4 is 28.2 Å². The highest BCUT2D eigenvalue weighted by Gasteiger charge is 2.46. The van der Waals surface area contributed by atoms with Crippen molar-refractivity contribution in [3.05, 3.63) is 36.4 Å². The quantitative estimate of drug-likeness (QED) is 0.426. The Morgan fingerprint density at radius 1 is 1.19 bits per heavy atom. The standard InChI is InChI=1S/C23H27F3N8O2/c1-22(2,35)12-33-11-15(8-28-33)32-9-13(6-14(10-32)23(24,25)26)19-30-20-17-5-4-16(36-3)7-18(17)29-21(27)34(20)31-19/h4-5,7-8,11,13-14,35H,6,9-10,12H2,1-3H3,(H2,27,29). The number of ether oxygens (including phenoxy) is 1. The molecule has 2 unspecified atom stereocenters. The molecule has 0 saturated carbocycles. The lowest BCUT2D eigenvalue weighted by molar-refractivity contribution is -0.177. The van der Waals surface area contributed by atoms with E-state index in [2.05, 4.69) is 20.2 Å². The molecule has 1 saturated heterocycles. The second-order valence-electron chi connectivity index (χ2n) is 9.84. The van der Waals surface area contributed by atoms with E-state index in [1.54, 1.807) is 50.3 Å². The van der Waals surface area contributed by atoms with Crippen molar-refractivity contribution in [1.82, 2.24) is 29.4 Å². The molecule has 3 aromatic heterocycles. The van der Waals surface area contributed by atoms with Gasteiger partial charge in [-0.2, -0.15) is 22.8 Å². The van der Waals surface area contributed by atoms with Gasteiger partial charge in [-0.15, -0.1) is 5.10 Å². The summed E-state index contributed by atoms with van der Waals surface area (Å²) in [5, 5.41) is 19.4. The minimum absolute atomic E-state index is 0.0810. The van der Waals surface area contributed by atoms with Crippen LogP contribution in [0.4, 0.5) is 24.8 Å². The van der Waals surface area contributed by atoms with Crippen LogP contribution in [0.5, 0.6) is 5.75 Å². The van der Waals surface area contributed by atoms with Gasteiger partial charge in [0.25, 0.3) is 0 Å². The second kappa shape index (κ2) is 8.50. The van der Waals surface area contributed by atoms with Gasteiger partial charge < -0.3 is 20.5 Å². The van der Waals surface area contributed by atoms with Crippen LogP contribution in [0, 0.1) is 5.92 Å². The van der Waals surface area contributed by atoms with Gasteiger partial charge in [0.1, 0.15) is 5.75 Å². The SMILES string of the molecule is COc1ccc2c(c1)nc(N)n1nc(C3CC(C(F)(F)F)CN(c4cnn(CC(C)(C)O)c4)C3)nc21. The van der Waals surface area contributed by atoms with Crippen molar-refractivity contribution in [3.63, 3.8) is 0 Å². The number of nitrogens with zero attached hydrogens (tertiary/aromatic N) is 7. The molecule has 13 heteroatoms. The molecule has 5 rings (SSSR count). The van der Waals surface area contributed by atoms with Gasteiger partial charge in [-0.1, -0.05) is 0 Å². The summed E-state index contributed by atoms with van der Waals surface area (Å²) < 4.78 is 49.9. The number of hydrogen-bond donors (Lipinski definition) is 2. The van der Waals surface area contributed by atoms with E-state index in [0.29, 0.717) is 28.0 Å². The maximum atomic E-state index is 13.9. The number of halogens is 3. The summed E-state index contributed by atoms with van der Waals surface area (Å²) in [4.78, 5) is 10.6.